The fourth-order valence-electron chi connectivity index (χ4n) is 1.75. The summed E-state index contributed by atoms with van der Waals surface area (Å²) in [4.78, 5) is 7.10. The predicted octanol–water partition coefficient (Wildman–Crippen LogP) is 4.26. The Morgan fingerprint density at radius 1 is 1.10 bits per heavy atom. The molecule has 21 heavy (non-hydrogen) atoms. The van der Waals surface area contributed by atoms with Crippen LogP contribution in [0.1, 0.15) is 33.3 Å². The van der Waals surface area contributed by atoms with Crippen molar-refractivity contribution in [3.8, 4) is 0 Å². The van der Waals surface area contributed by atoms with E-state index < -0.39 is 7.75 Å². The minimum Gasteiger partial charge on any atom is -0.296 e. The van der Waals surface area contributed by atoms with Crippen molar-refractivity contribution in [1.29, 1.82) is 0 Å². The molecule has 0 saturated heterocycles. The molecule has 0 N–H and O–H groups in total. The zero-order chi connectivity index (χ0) is 15.7. The lowest BCUT2D eigenvalue weighted by Gasteiger charge is -2.29. The molecule has 0 aromatic heterocycles. The molecule has 6 heteroatoms. The average molecular weight is 315 g/mol. The van der Waals surface area contributed by atoms with Crippen molar-refractivity contribution in [1.82, 2.24) is 4.83 Å². The van der Waals surface area contributed by atoms with Gasteiger partial charge in [-0.05, 0) is 25.3 Å². The van der Waals surface area contributed by atoms with E-state index in [-0.39, 0.29) is 5.92 Å². The van der Waals surface area contributed by atoms with Crippen LogP contribution in [0.25, 0.3) is 0 Å². The molecule has 120 valence electrons. The smallest absolute Gasteiger partial charge is 0.296 e. The Kier molecular flexibility index (Phi) is 8.15. The molecule has 0 saturated carbocycles. The number of hydrogen-bond acceptors (Lipinski definition) is 4. The second kappa shape index (κ2) is 9.34. The summed E-state index contributed by atoms with van der Waals surface area (Å²) in [6.07, 6.45) is 0. The van der Waals surface area contributed by atoms with Crippen molar-refractivity contribution in [2.45, 2.75) is 34.3 Å². The molecular formula is C15H26NO4P. The van der Waals surface area contributed by atoms with Crippen molar-refractivity contribution in [3.05, 3.63) is 35.9 Å². The topological polar surface area (TPSA) is 48.0 Å². The van der Waals surface area contributed by atoms with Crippen molar-refractivity contribution in [2.24, 2.45) is 5.92 Å². The number of hydroxylamine groups is 1. The van der Waals surface area contributed by atoms with E-state index in [1.165, 1.54) is 4.83 Å². The van der Waals surface area contributed by atoms with Gasteiger partial charge in [-0.1, -0.05) is 49.0 Å². The summed E-state index contributed by atoms with van der Waals surface area (Å²) in [6, 6.07) is 9.74. The molecular weight excluding hydrogens is 289 g/mol. The Hall–Kier alpha value is -0.710. The fraction of sp³-hybridized carbons (Fsp3) is 0.600. The van der Waals surface area contributed by atoms with Crippen LogP contribution in [-0.2, 0) is 25.1 Å². The standard InChI is InChI=1S/C15H26NO4P/c1-5-19-21(17,20-6-2)16(12-14(3)4)18-13-15-10-8-7-9-11-15/h7-11,14H,5-6,12-13H2,1-4H3. The lowest BCUT2D eigenvalue weighted by molar-refractivity contribution is -0.127. The zero-order valence-electron chi connectivity index (χ0n) is 13.3. The highest BCUT2D eigenvalue weighted by molar-refractivity contribution is 7.51. The van der Waals surface area contributed by atoms with Gasteiger partial charge in [-0.3, -0.25) is 13.9 Å². The largest absolute Gasteiger partial charge is 0.431 e. The van der Waals surface area contributed by atoms with Crippen LogP contribution in [0.15, 0.2) is 30.3 Å². The highest BCUT2D eigenvalue weighted by Gasteiger charge is 2.34. The van der Waals surface area contributed by atoms with E-state index in [0.29, 0.717) is 26.4 Å². The molecule has 0 radical (unpaired) electrons. The SMILES string of the molecule is CCOP(=O)(OCC)N(CC(C)C)OCc1ccccc1. The normalized spacial score (nSPS) is 12.3. The Morgan fingerprint density at radius 2 is 1.67 bits per heavy atom. The van der Waals surface area contributed by atoms with Gasteiger partial charge in [-0.15, -0.1) is 0 Å². The van der Waals surface area contributed by atoms with Gasteiger partial charge in [-0.25, -0.2) is 4.57 Å². The van der Waals surface area contributed by atoms with Gasteiger partial charge in [0.25, 0.3) is 0 Å². The molecule has 0 bridgehead atoms. The Balaban J connectivity index is 2.80. The highest BCUT2D eigenvalue weighted by atomic mass is 31.2. The third kappa shape index (κ3) is 6.29. The molecule has 0 atom stereocenters. The number of hydrogen-bond donors (Lipinski definition) is 0. The molecule has 0 fully saturated rings. The van der Waals surface area contributed by atoms with Crippen molar-refractivity contribution in [3.63, 3.8) is 0 Å². The molecule has 0 spiro atoms. The van der Waals surface area contributed by atoms with E-state index in [1.807, 2.05) is 44.2 Å². The maximum absolute atomic E-state index is 12.8. The maximum Gasteiger partial charge on any atom is 0.431 e. The monoisotopic (exact) mass is 315 g/mol. The van der Waals surface area contributed by atoms with Crippen molar-refractivity contribution < 1.29 is 18.5 Å². The zero-order valence-corrected chi connectivity index (χ0v) is 14.2. The van der Waals surface area contributed by atoms with Gasteiger partial charge in [0.05, 0.1) is 19.8 Å². The van der Waals surface area contributed by atoms with Crippen LogP contribution in [0.4, 0.5) is 0 Å². The van der Waals surface area contributed by atoms with Gasteiger partial charge in [0.2, 0.25) is 0 Å². The summed E-state index contributed by atoms with van der Waals surface area (Å²) >= 11 is 0. The Bertz CT molecular complexity index is 429. The van der Waals surface area contributed by atoms with Gasteiger partial charge in [-0.2, -0.15) is 0 Å². The number of benzene rings is 1. The first-order valence-electron chi connectivity index (χ1n) is 7.35. The fourth-order valence-corrected chi connectivity index (χ4v) is 3.46. The van der Waals surface area contributed by atoms with Crippen LogP contribution in [-0.4, -0.2) is 24.6 Å². The first kappa shape index (κ1) is 18.3. The van der Waals surface area contributed by atoms with E-state index in [9.17, 15) is 4.57 Å². The van der Waals surface area contributed by atoms with Gasteiger partial charge >= 0.3 is 7.75 Å². The molecule has 0 heterocycles. The first-order chi connectivity index (χ1) is 10.0. The summed E-state index contributed by atoms with van der Waals surface area (Å²) < 4.78 is 23.5. The second-order valence-corrected chi connectivity index (χ2v) is 6.89. The van der Waals surface area contributed by atoms with Gasteiger partial charge in [0.1, 0.15) is 0 Å². The minimum atomic E-state index is -3.41. The minimum absolute atomic E-state index is 0.273. The molecule has 0 aliphatic carbocycles. The van der Waals surface area contributed by atoms with Crippen LogP contribution in [0.5, 0.6) is 0 Å². The van der Waals surface area contributed by atoms with Crippen LogP contribution >= 0.6 is 7.75 Å². The highest BCUT2D eigenvalue weighted by Crippen LogP contribution is 2.52. The lowest BCUT2D eigenvalue weighted by atomic mass is 10.2. The van der Waals surface area contributed by atoms with Crippen molar-refractivity contribution >= 4 is 7.75 Å². The third-order valence-electron chi connectivity index (χ3n) is 2.60. The molecule has 5 nitrogen and oxygen atoms in total. The summed E-state index contributed by atoms with van der Waals surface area (Å²) in [5.74, 6) is 0.273. The molecule has 0 aliphatic heterocycles. The average Bonchev–Trinajstić information content (AvgIpc) is 2.44. The molecule has 1 aromatic rings. The van der Waals surface area contributed by atoms with Crippen molar-refractivity contribution in [2.75, 3.05) is 19.8 Å². The van der Waals surface area contributed by atoms with E-state index in [2.05, 4.69) is 0 Å². The Morgan fingerprint density at radius 3 is 2.14 bits per heavy atom. The first-order valence-corrected chi connectivity index (χ1v) is 8.85. The maximum atomic E-state index is 12.8. The van der Waals surface area contributed by atoms with E-state index >= 15 is 0 Å². The quantitative estimate of drug-likeness (QED) is 0.477. The summed E-state index contributed by atoms with van der Waals surface area (Å²) in [5, 5.41) is 0. The molecule has 0 amide bonds. The third-order valence-corrected chi connectivity index (χ3v) is 4.60. The molecule has 0 aliphatic rings. The molecule has 1 rings (SSSR count). The van der Waals surface area contributed by atoms with Gasteiger partial charge in [0.15, 0.2) is 0 Å². The summed E-state index contributed by atoms with van der Waals surface area (Å²) in [5.41, 5.74) is 1.01. The summed E-state index contributed by atoms with van der Waals surface area (Å²) in [6.45, 7) is 9.05. The van der Waals surface area contributed by atoms with Crippen LogP contribution in [0.3, 0.4) is 0 Å². The predicted molar refractivity (Wildman–Crippen MR) is 83.6 cm³/mol. The van der Waals surface area contributed by atoms with Crippen LogP contribution < -0.4 is 0 Å². The van der Waals surface area contributed by atoms with E-state index in [1.54, 1.807) is 13.8 Å². The summed E-state index contributed by atoms with van der Waals surface area (Å²) in [7, 11) is -3.41. The van der Waals surface area contributed by atoms with Gasteiger partial charge < -0.3 is 0 Å². The second-order valence-electron chi connectivity index (χ2n) is 4.99. The number of rotatable bonds is 10. The van der Waals surface area contributed by atoms with Crippen LogP contribution in [0.2, 0.25) is 0 Å². The van der Waals surface area contributed by atoms with Gasteiger partial charge in [0, 0.05) is 6.54 Å². The Labute approximate surface area is 127 Å². The van der Waals surface area contributed by atoms with E-state index in [0.717, 1.165) is 5.56 Å². The molecule has 0 unspecified atom stereocenters. The molecule has 1 aromatic carbocycles. The van der Waals surface area contributed by atoms with Crippen LogP contribution in [0, 0.1) is 5.92 Å². The lowest BCUT2D eigenvalue weighted by Crippen LogP contribution is -2.27. The number of nitrogens with zero attached hydrogens (tertiary/aromatic N) is 1. The van der Waals surface area contributed by atoms with E-state index in [4.69, 9.17) is 13.9 Å².